The van der Waals surface area contributed by atoms with Crippen LogP contribution in [-0.4, -0.2) is 10.7 Å². The summed E-state index contributed by atoms with van der Waals surface area (Å²) in [6.45, 7) is 9.45. The number of hydrogen-bond donors (Lipinski definition) is 0. The molecule has 0 aliphatic carbocycles. The van der Waals surface area contributed by atoms with Crippen LogP contribution < -0.4 is 0 Å². The van der Waals surface area contributed by atoms with Crippen molar-refractivity contribution in [3.63, 3.8) is 0 Å². The molecule has 0 heterocycles. The largest absolute Gasteiger partial charge is 0.299 e. The minimum absolute atomic E-state index is 0.165. The van der Waals surface area contributed by atoms with Crippen LogP contribution in [0.15, 0.2) is 30.3 Å². The molecule has 1 aromatic rings. The molecule has 1 aromatic carbocycles. The zero-order chi connectivity index (χ0) is 16.4. The highest BCUT2D eigenvalue weighted by molar-refractivity contribution is 5.80. The number of ketones is 1. The van der Waals surface area contributed by atoms with Gasteiger partial charge in [-0.05, 0) is 38.0 Å². The van der Waals surface area contributed by atoms with E-state index >= 15 is 0 Å². The topological polar surface area (TPSA) is 60.2 Å². The second-order valence-corrected chi connectivity index (χ2v) is 5.12. The molecular formula is C17H25NO3. The zero-order valence-corrected chi connectivity index (χ0v) is 13.6. The van der Waals surface area contributed by atoms with Crippen molar-refractivity contribution in [2.75, 3.05) is 0 Å². The summed E-state index contributed by atoms with van der Waals surface area (Å²) < 4.78 is 0. The molecule has 0 unspecified atom stereocenters. The van der Waals surface area contributed by atoms with Gasteiger partial charge in [0.05, 0.1) is 10.5 Å². The van der Waals surface area contributed by atoms with Gasteiger partial charge >= 0.3 is 0 Å². The van der Waals surface area contributed by atoms with E-state index in [0.29, 0.717) is 11.3 Å². The molecule has 0 aliphatic rings. The Morgan fingerprint density at radius 3 is 2.24 bits per heavy atom. The van der Waals surface area contributed by atoms with Crippen LogP contribution in [-0.2, 0) is 4.79 Å². The third-order valence-electron chi connectivity index (χ3n) is 3.03. The molecule has 0 amide bonds. The third-order valence-corrected chi connectivity index (χ3v) is 3.03. The lowest BCUT2D eigenvalue weighted by molar-refractivity contribution is -0.375. The van der Waals surface area contributed by atoms with Crippen LogP contribution in [0, 0.1) is 23.0 Å². The van der Waals surface area contributed by atoms with Crippen molar-refractivity contribution in [2.45, 2.75) is 47.5 Å². The van der Waals surface area contributed by atoms with Crippen LogP contribution in [0.3, 0.4) is 0 Å². The minimum Gasteiger partial charge on any atom is -0.299 e. The third kappa shape index (κ3) is 6.84. The number of Topliss-reactive ketones (excluding diaryl/α,β-unsaturated/α-hetero) is 1. The number of rotatable bonds is 5. The first-order valence-corrected chi connectivity index (χ1v) is 7.24. The lowest BCUT2D eigenvalue weighted by atomic mass is 10.1. The van der Waals surface area contributed by atoms with E-state index in [0.717, 1.165) is 18.4 Å². The van der Waals surface area contributed by atoms with E-state index in [4.69, 9.17) is 0 Å². The van der Waals surface area contributed by atoms with E-state index in [9.17, 15) is 14.9 Å². The van der Waals surface area contributed by atoms with Crippen LogP contribution in [0.4, 0.5) is 0 Å². The fourth-order valence-corrected chi connectivity index (χ4v) is 1.75. The van der Waals surface area contributed by atoms with E-state index in [-0.39, 0.29) is 16.5 Å². The van der Waals surface area contributed by atoms with E-state index in [1.54, 1.807) is 19.1 Å². The fourth-order valence-electron chi connectivity index (χ4n) is 1.75. The van der Waals surface area contributed by atoms with Crippen molar-refractivity contribution in [1.82, 2.24) is 0 Å². The van der Waals surface area contributed by atoms with Crippen molar-refractivity contribution < 1.29 is 9.72 Å². The first-order chi connectivity index (χ1) is 9.84. The van der Waals surface area contributed by atoms with Crippen molar-refractivity contribution in [3.05, 3.63) is 51.6 Å². The number of hydrogen-bond acceptors (Lipinski definition) is 3. The maximum Gasteiger partial charge on any atom is 0.272 e. The Morgan fingerprint density at radius 2 is 1.90 bits per heavy atom. The predicted molar refractivity (Wildman–Crippen MR) is 86.6 cm³/mol. The van der Waals surface area contributed by atoms with Crippen LogP contribution >= 0.6 is 0 Å². The number of carbonyl (C=O) groups is 1. The number of aryl methyl sites for hydroxylation is 1. The van der Waals surface area contributed by atoms with Crippen LogP contribution in [0.1, 0.15) is 51.7 Å². The van der Waals surface area contributed by atoms with E-state index < -0.39 is 0 Å². The number of allylic oxidation sites excluding steroid dienone is 1. The summed E-state index contributed by atoms with van der Waals surface area (Å²) in [6.07, 6.45) is 3.25. The van der Waals surface area contributed by atoms with Crippen molar-refractivity contribution in [2.24, 2.45) is 5.92 Å². The first kappa shape index (κ1) is 19.0. The Hall–Kier alpha value is -1.97. The summed E-state index contributed by atoms with van der Waals surface area (Å²) in [5.41, 5.74) is 1.78. The van der Waals surface area contributed by atoms with E-state index in [1.807, 2.05) is 39.8 Å². The van der Waals surface area contributed by atoms with Gasteiger partial charge < -0.3 is 0 Å². The average Bonchev–Trinajstić information content (AvgIpc) is 2.42. The molecule has 116 valence electrons. The summed E-state index contributed by atoms with van der Waals surface area (Å²) in [5, 5.41) is 10.6. The Kier molecular flexibility index (Phi) is 8.93. The molecule has 0 aliphatic heterocycles. The Labute approximate surface area is 127 Å². The molecular weight excluding hydrogens is 266 g/mol. The second kappa shape index (κ2) is 9.86. The lowest BCUT2D eigenvalue weighted by Crippen LogP contribution is -2.04. The molecule has 4 heteroatoms. The summed E-state index contributed by atoms with van der Waals surface area (Å²) in [7, 11) is 0. The second-order valence-electron chi connectivity index (χ2n) is 5.12. The molecule has 0 aromatic heterocycles. The fraction of sp³-hybridized carbons (Fsp3) is 0.471. The van der Waals surface area contributed by atoms with Crippen molar-refractivity contribution in [3.8, 4) is 0 Å². The van der Waals surface area contributed by atoms with Gasteiger partial charge in [0.1, 0.15) is 5.78 Å². The van der Waals surface area contributed by atoms with Crippen LogP contribution in [0.25, 0.3) is 5.70 Å². The molecule has 1 rings (SSSR count). The zero-order valence-electron chi connectivity index (χ0n) is 13.6. The first-order valence-electron chi connectivity index (χ1n) is 7.24. The number of nitro groups is 1. The highest BCUT2D eigenvalue weighted by Gasteiger charge is 2.13. The van der Waals surface area contributed by atoms with Gasteiger partial charge in [-0.15, -0.1) is 0 Å². The summed E-state index contributed by atoms with van der Waals surface area (Å²) >= 11 is 0. The van der Waals surface area contributed by atoms with Gasteiger partial charge in [0.15, 0.2) is 0 Å². The Morgan fingerprint density at radius 1 is 1.33 bits per heavy atom. The molecule has 0 bridgehead atoms. The summed E-state index contributed by atoms with van der Waals surface area (Å²) in [4.78, 5) is 21.0. The van der Waals surface area contributed by atoms with Gasteiger partial charge in [0, 0.05) is 12.3 Å². The van der Waals surface area contributed by atoms with Gasteiger partial charge in [-0.1, -0.05) is 39.0 Å². The molecule has 0 atom stereocenters. The van der Waals surface area contributed by atoms with Gasteiger partial charge in [0.2, 0.25) is 0 Å². The Balaban J connectivity index is 0.000000433. The van der Waals surface area contributed by atoms with E-state index in [1.165, 1.54) is 6.08 Å². The molecule has 0 radical (unpaired) electrons. The maximum atomic E-state index is 10.7. The standard InChI is InChI=1S/C10H11NO2.C7H14O/c1-3-10(11(12)13)9-7-5-4-6-8(9)2;1-4-5-7(8)6(2)3/h3-7H,1-2H3;6H,4-5H2,1-3H3/b10-3+;. The normalized spacial score (nSPS) is 10.9. The lowest BCUT2D eigenvalue weighted by Gasteiger charge is -2.01. The highest BCUT2D eigenvalue weighted by Crippen LogP contribution is 2.18. The number of benzene rings is 1. The molecule has 0 fully saturated rings. The Bertz CT molecular complexity index is 505. The van der Waals surface area contributed by atoms with E-state index in [2.05, 4.69) is 0 Å². The summed E-state index contributed by atoms with van der Waals surface area (Å²) in [6, 6.07) is 7.29. The van der Waals surface area contributed by atoms with Gasteiger partial charge in [0.25, 0.3) is 5.70 Å². The monoisotopic (exact) mass is 291 g/mol. The van der Waals surface area contributed by atoms with Gasteiger partial charge in [-0.25, -0.2) is 0 Å². The molecule has 0 N–H and O–H groups in total. The number of carbonyl (C=O) groups excluding carboxylic acids is 1. The van der Waals surface area contributed by atoms with Crippen molar-refractivity contribution >= 4 is 11.5 Å². The van der Waals surface area contributed by atoms with Crippen LogP contribution in [0.2, 0.25) is 0 Å². The van der Waals surface area contributed by atoms with Crippen LogP contribution in [0.5, 0.6) is 0 Å². The molecule has 4 nitrogen and oxygen atoms in total. The molecule has 0 spiro atoms. The molecule has 0 saturated heterocycles. The molecule has 21 heavy (non-hydrogen) atoms. The maximum absolute atomic E-state index is 10.7. The quantitative estimate of drug-likeness (QED) is 0.586. The van der Waals surface area contributed by atoms with Crippen molar-refractivity contribution in [1.29, 1.82) is 0 Å². The summed E-state index contributed by atoms with van der Waals surface area (Å²) in [5.74, 6) is 0.613. The molecule has 0 saturated carbocycles. The average molecular weight is 291 g/mol. The smallest absolute Gasteiger partial charge is 0.272 e. The highest BCUT2D eigenvalue weighted by atomic mass is 16.6. The predicted octanol–water partition coefficient (Wildman–Crippen LogP) is 4.64. The van der Waals surface area contributed by atoms with Gasteiger partial charge in [-0.3, -0.25) is 14.9 Å². The van der Waals surface area contributed by atoms with Gasteiger partial charge in [-0.2, -0.15) is 0 Å². The number of nitrogens with zero attached hydrogens (tertiary/aromatic N) is 1. The minimum atomic E-state index is -0.359. The SMILES string of the molecule is C/C=C(\c1ccccc1C)[N+](=O)[O-].CCCC(=O)C(C)C.